The second-order valence-electron chi connectivity index (χ2n) is 27.4. The highest BCUT2D eigenvalue weighted by Gasteiger charge is 2.20. The number of nitrogens with one attached hydrogen (secondary N) is 1. The molecule has 0 rings (SSSR count). The van der Waals surface area contributed by atoms with Crippen molar-refractivity contribution in [3.05, 3.63) is 36.5 Å². The summed E-state index contributed by atoms with van der Waals surface area (Å²) in [4.78, 5) is 24.7. The zero-order valence-electron chi connectivity index (χ0n) is 59.0. The Morgan fingerprint density at radius 2 is 0.575 bits per heavy atom. The monoisotopic (exact) mass is 1220 g/mol. The minimum Gasteiger partial charge on any atom is -0.466 e. The summed E-state index contributed by atoms with van der Waals surface area (Å²) in [6.07, 6.45) is 99.4. The molecule has 0 aliphatic heterocycles. The molecule has 0 bridgehead atoms. The van der Waals surface area contributed by atoms with Gasteiger partial charge in [-0.1, -0.05) is 384 Å². The summed E-state index contributed by atoms with van der Waals surface area (Å²) >= 11 is 0. The summed E-state index contributed by atoms with van der Waals surface area (Å²) < 4.78 is 5.51. The van der Waals surface area contributed by atoms with Gasteiger partial charge < -0.3 is 20.3 Å². The van der Waals surface area contributed by atoms with Gasteiger partial charge >= 0.3 is 5.97 Å². The van der Waals surface area contributed by atoms with E-state index in [0.717, 1.165) is 51.4 Å². The molecule has 0 fully saturated rings. The summed E-state index contributed by atoms with van der Waals surface area (Å²) in [7, 11) is 0. The number of unbranched alkanes of at least 4 members (excludes halogenated alkanes) is 58. The van der Waals surface area contributed by atoms with Gasteiger partial charge in [0.2, 0.25) is 5.91 Å². The minimum absolute atomic E-state index is 0.0111. The molecule has 514 valence electrons. The van der Waals surface area contributed by atoms with Crippen LogP contribution in [0.15, 0.2) is 36.5 Å². The molecule has 0 saturated carbocycles. The van der Waals surface area contributed by atoms with Gasteiger partial charge in [0.15, 0.2) is 0 Å². The van der Waals surface area contributed by atoms with E-state index in [0.29, 0.717) is 25.9 Å². The number of aliphatic hydroxyl groups excluding tert-OH is 2. The van der Waals surface area contributed by atoms with Crippen LogP contribution in [0.5, 0.6) is 0 Å². The molecule has 0 aromatic carbocycles. The van der Waals surface area contributed by atoms with Gasteiger partial charge in [0.1, 0.15) is 0 Å². The van der Waals surface area contributed by atoms with E-state index < -0.39 is 12.1 Å². The molecule has 0 radical (unpaired) electrons. The predicted octanol–water partition coefficient (Wildman–Crippen LogP) is 26.2. The highest BCUT2D eigenvalue weighted by Crippen LogP contribution is 2.20. The van der Waals surface area contributed by atoms with Gasteiger partial charge in [-0.2, -0.15) is 0 Å². The summed E-state index contributed by atoms with van der Waals surface area (Å²) in [6.45, 7) is 4.98. The Balaban J connectivity index is 3.36. The highest BCUT2D eigenvalue weighted by atomic mass is 16.5. The average Bonchev–Trinajstić information content (AvgIpc) is 3.52. The van der Waals surface area contributed by atoms with Crippen LogP contribution in [0.3, 0.4) is 0 Å². The smallest absolute Gasteiger partial charge is 0.305 e. The number of amides is 1. The van der Waals surface area contributed by atoms with E-state index in [9.17, 15) is 19.8 Å². The predicted molar refractivity (Wildman–Crippen MR) is 384 cm³/mol. The molecule has 0 spiro atoms. The number of carbonyl (C=O) groups excluding carboxylic acids is 2. The molecular formula is C81H155NO5. The standard InChI is InChI=1S/C81H155NO5/c1-3-5-7-9-11-13-15-17-19-21-23-35-38-41-45-49-53-57-61-65-69-73-79(84)78(77-83)82-80(85)74-70-66-62-58-54-50-46-42-39-36-33-31-29-27-25-24-26-28-30-32-34-37-40-44-48-52-56-60-64-68-72-76-87-81(86)75-71-67-63-59-55-51-47-43-22-20-18-16-14-12-10-8-6-4-2/h14,16,20,22,26,28,78-79,83-84H,3-13,15,17-19,21,23-25,27,29-77H2,1-2H3,(H,82,85)/b16-14-,22-20-,28-26-. The lowest BCUT2D eigenvalue weighted by Gasteiger charge is -2.22. The maximum absolute atomic E-state index is 12.6. The van der Waals surface area contributed by atoms with E-state index in [1.807, 2.05) is 0 Å². The zero-order chi connectivity index (χ0) is 62.8. The fourth-order valence-electron chi connectivity index (χ4n) is 12.6. The Morgan fingerprint density at radius 3 is 0.897 bits per heavy atom. The fraction of sp³-hybridized carbons (Fsp3) is 0.901. The van der Waals surface area contributed by atoms with Crippen molar-refractivity contribution >= 4 is 11.9 Å². The first-order valence-corrected chi connectivity index (χ1v) is 39.7. The number of rotatable bonds is 75. The van der Waals surface area contributed by atoms with Crippen LogP contribution in [0.4, 0.5) is 0 Å². The number of esters is 1. The third-order valence-electron chi connectivity index (χ3n) is 18.7. The second kappa shape index (κ2) is 76.5. The van der Waals surface area contributed by atoms with Gasteiger partial charge in [0.05, 0.1) is 25.4 Å². The first-order chi connectivity index (χ1) is 43.0. The summed E-state index contributed by atoms with van der Waals surface area (Å²) in [5.41, 5.74) is 0. The first kappa shape index (κ1) is 85.1. The van der Waals surface area contributed by atoms with Crippen LogP contribution in [-0.2, 0) is 14.3 Å². The van der Waals surface area contributed by atoms with E-state index in [2.05, 4.69) is 55.6 Å². The molecule has 2 atom stereocenters. The Kier molecular flexibility index (Phi) is 74.8. The van der Waals surface area contributed by atoms with E-state index in [-0.39, 0.29) is 18.5 Å². The second-order valence-corrected chi connectivity index (χ2v) is 27.4. The number of aliphatic hydroxyl groups is 2. The Morgan fingerprint density at radius 1 is 0.322 bits per heavy atom. The number of carbonyl (C=O) groups is 2. The van der Waals surface area contributed by atoms with Gasteiger partial charge in [0, 0.05) is 12.8 Å². The van der Waals surface area contributed by atoms with Crippen molar-refractivity contribution in [2.75, 3.05) is 13.2 Å². The number of hydrogen-bond acceptors (Lipinski definition) is 5. The maximum atomic E-state index is 12.6. The van der Waals surface area contributed by atoms with Crippen LogP contribution in [0.1, 0.15) is 444 Å². The van der Waals surface area contributed by atoms with Gasteiger partial charge in [-0.15, -0.1) is 0 Å². The largest absolute Gasteiger partial charge is 0.466 e. The zero-order valence-corrected chi connectivity index (χ0v) is 59.0. The molecule has 1 amide bonds. The lowest BCUT2D eigenvalue weighted by atomic mass is 10.0. The van der Waals surface area contributed by atoms with E-state index >= 15 is 0 Å². The van der Waals surface area contributed by atoms with Gasteiger partial charge in [-0.05, 0) is 83.5 Å². The van der Waals surface area contributed by atoms with Crippen molar-refractivity contribution in [1.29, 1.82) is 0 Å². The molecular weight excluding hydrogens is 1070 g/mol. The fourth-order valence-corrected chi connectivity index (χ4v) is 12.6. The molecule has 6 heteroatoms. The SMILES string of the molecule is CCCCCC/C=C\C/C=C\CCCCCCCCCC(=O)OCCCCCCCCCCCCCC/C=C\CCCCCCCCCCCCCCCCCC(=O)NC(CO)C(O)CCCCCCCCCCCCCCCCCCCCCCC. The van der Waals surface area contributed by atoms with Crippen LogP contribution in [0, 0.1) is 0 Å². The molecule has 0 saturated heterocycles. The van der Waals surface area contributed by atoms with Crippen molar-refractivity contribution in [2.24, 2.45) is 0 Å². The number of ether oxygens (including phenoxy) is 1. The van der Waals surface area contributed by atoms with Gasteiger partial charge in [0.25, 0.3) is 0 Å². The van der Waals surface area contributed by atoms with Gasteiger partial charge in [-0.3, -0.25) is 9.59 Å². The van der Waals surface area contributed by atoms with Crippen molar-refractivity contribution < 1.29 is 24.5 Å². The molecule has 0 aromatic rings. The van der Waals surface area contributed by atoms with Crippen LogP contribution < -0.4 is 5.32 Å². The Hall–Kier alpha value is -1.92. The average molecular weight is 1220 g/mol. The molecule has 0 aromatic heterocycles. The third kappa shape index (κ3) is 73.0. The van der Waals surface area contributed by atoms with Crippen LogP contribution in [0.25, 0.3) is 0 Å². The van der Waals surface area contributed by atoms with Crippen LogP contribution >= 0.6 is 0 Å². The quantitative estimate of drug-likeness (QED) is 0.0320. The van der Waals surface area contributed by atoms with Crippen molar-refractivity contribution in [2.45, 2.75) is 456 Å². The lowest BCUT2D eigenvalue weighted by molar-refractivity contribution is -0.143. The molecule has 0 heterocycles. The molecule has 2 unspecified atom stereocenters. The summed E-state index contributed by atoms with van der Waals surface area (Å²) in [5.74, 6) is -0.0169. The summed E-state index contributed by atoms with van der Waals surface area (Å²) in [5, 5.41) is 23.5. The third-order valence-corrected chi connectivity index (χ3v) is 18.7. The highest BCUT2D eigenvalue weighted by molar-refractivity contribution is 5.76. The van der Waals surface area contributed by atoms with Crippen molar-refractivity contribution in [3.8, 4) is 0 Å². The summed E-state index contributed by atoms with van der Waals surface area (Å²) in [6, 6.07) is -0.541. The molecule has 3 N–H and O–H groups in total. The topological polar surface area (TPSA) is 95.9 Å². The van der Waals surface area contributed by atoms with Crippen LogP contribution in [-0.4, -0.2) is 47.4 Å². The van der Waals surface area contributed by atoms with Crippen molar-refractivity contribution in [3.63, 3.8) is 0 Å². The maximum Gasteiger partial charge on any atom is 0.305 e. The molecule has 0 aliphatic rings. The van der Waals surface area contributed by atoms with Crippen LogP contribution in [0.2, 0.25) is 0 Å². The Bertz CT molecular complexity index is 1410. The molecule has 6 nitrogen and oxygen atoms in total. The number of hydrogen-bond donors (Lipinski definition) is 3. The molecule has 0 aliphatic carbocycles. The van der Waals surface area contributed by atoms with E-state index in [4.69, 9.17) is 4.74 Å². The minimum atomic E-state index is -0.664. The normalized spacial score (nSPS) is 12.6. The van der Waals surface area contributed by atoms with E-state index in [1.165, 1.54) is 360 Å². The Labute approximate surface area is 544 Å². The van der Waals surface area contributed by atoms with Crippen molar-refractivity contribution in [1.82, 2.24) is 5.32 Å². The molecule has 87 heavy (non-hydrogen) atoms. The number of allylic oxidation sites excluding steroid dienone is 6. The van der Waals surface area contributed by atoms with E-state index in [1.54, 1.807) is 0 Å². The van der Waals surface area contributed by atoms with Gasteiger partial charge in [-0.25, -0.2) is 0 Å². The lowest BCUT2D eigenvalue weighted by Crippen LogP contribution is -2.45. The first-order valence-electron chi connectivity index (χ1n) is 39.7.